The van der Waals surface area contributed by atoms with Gasteiger partial charge in [0.2, 0.25) is 10.0 Å². The van der Waals surface area contributed by atoms with Crippen molar-refractivity contribution in [3.63, 3.8) is 0 Å². The fourth-order valence-electron chi connectivity index (χ4n) is 2.83. The van der Waals surface area contributed by atoms with Gasteiger partial charge in [0.25, 0.3) is 5.91 Å². The highest BCUT2D eigenvalue weighted by molar-refractivity contribution is 7.88. The van der Waals surface area contributed by atoms with Gasteiger partial charge in [-0.1, -0.05) is 5.16 Å². The van der Waals surface area contributed by atoms with Gasteiger partial charge in [-0.3, -0.25) is 9.48 Å². The number of nitrogens with zero attached hydrogens (tertiary/aromatic N) is 5. The number of hydrogen-bond acceptors (Lipinski definition) is 6. The highest BCUT2D eigenvalue weighted by atomic mass is 32.2. The van der Waals surface area contributed by atoms with Crippen LogP contribution in [0.4, 0.5) is 0 Å². The number of aromatic nitrogens is 3. The van der Waals surface area contributed by atoms with E-state index in [0.29, 0.717) is 31.8 Å². The molecule has 1 fully saturated rings. The number of sulfonamides is 1. The summed E-state index contributed by atoms with van der Waals surface area (Å²) in [6.45, 7) is 3.43. The zero-order chi connectivity index (χ0) is 18.2. The van der Waals surface area contributed by atoms with Gasteiger partial charge in [0.15, 0.2) is 11.5 Å². The van der Waals surface area contributed by atoms with Gasteiger partial charge < -0.3 is 9.42 Å². The van der Waals surface area contributed by atoms with E-state index >= 15 is 0 Å². The standard InChI is InChI=1S/C15H21N5O4S/c1-11-12(10-16-18(11)2)14-9-13(17-24-14)15(21)19-5-4-6-20(8-7-19)25(3,22)23/h9-10H,4-8H2,1-3H3. The average Bonchev–Trinajstić information content (AvgIpc) is 3.05. The molecule has 1 aliphatic heterocycles. The molecule has 0 saturated carbocycles. The molecule has 0 atom stereocenters. The summed E-state index contributed by atoms with van der Waals surface area (Å²) >= 11 is 0. The van der Waals surface area contributed by atoms with Crippen molar-refractivity contribution in [1.29, 1.82) is 0 Å². The van der Waals surface area contributed by atoms with Crippen LogP contribution in [0.1, 0.15) is 22.6 Å². The third kappa shape index (κ3) is 3.59. The van der Waals surface area contributed by atoms with E-state index in [4.69, 9.17) is 4.52 Å². The minimum absolute atomic E-state index is 0.214. The van der Waals surface area contributed by atoms with Crippen molar-refractivity contribution < 1.29 is 17.7 Å². The SMILES string of the molecule is Cc1c(-c2cc(C(=O)N3CCCN(S(C)(=O)=O)CC3)no2)cnn1C. The van der Waals surface area contributed by atoms with E-state index in [0.717, 1.165) is 11.3 Å². The average molecular weight is 367 g/mol. The van der Waals surface area contributed by atoms with Gasteiger partial charge in [-0.05, 0) is 13.3 Å². The van der Waals surface area contributed by atoms with Crippen LogP contribution >= 0.6 is 0 Å². The number of carbonyl (C=O) groups is 1. The van der Waals surface area contributed by atoms with E-state index in [2.05, 4.69) is 10.3 Å². The maximum Gasteiger partial charge on any atom is 0.276 e. The summed E-state index contributed by atoms with van der Waals surface area (Å²) in [4.78, 5) is 14.3. The molecule has 1 aliphatic rings. The van der Waals surface area contributed by atoms with Crippen molar-refractivity contribution in [1.82, 2.24) is 24.1 Å². The van der Waals surface area contributed by atoms with Crippen molar-refractivity contribution in [3.8, 4) is 11.3 Å². The Balaban J connectivity index is 1.75. The molecular weight excluding hydrogens is 346 g/mol. The normalized spacial score (nSPS) is 16.8. The summed E-state index contributed by atoms with van der Waals surface area (Å²) in [5.41, 5.74) is 1.91. The lowest BCUT2D eigenvalue weighted by Gasteiger charge is -2.19. The lowest BCUT2D eigenvalue weighted by Crippen LogP contribution is -2.37. The third-order valence-electron chi connectivity index (χ3n) is 4.44. The molecule has 0 N–H and O–H groups in total. The molecule has 2 aromatic rings. The second-order valence-corrected chi connectivity index (χ2v) is 8.13. The molecule has 136 valence electrons. The summed E-state index contributed by atoms with van der Waals surface area (Å²) in [6, 6.07) is 1.60. The molecule has 0 aliphatic carbocycles. The van der Waals surface area contributed by atoms with E-state index in [1.165, 1.54) is 10.6 Å². The molecule has 9 nitrogen and oxygen atoms in total. The van der Waals surface area contributed by atoms with Crippen LogP contribution in [0.5, 0.6) is 0 Å². The second kappa shape index (κ2) is 6.60. The largest absolute Gasteiger partial charge is 0.355 e. The van der Waals surface area contributed by atoms with Crippen LogP contribution in [0, 0.1) is 6.92 Å². The van der Waals surface area contributed by atoms with E-state index in [9.17, 15) is 13.2 Å². The van der Waals surface area contributed by atoms with Gasteiger partial charge in [0.1, 0.15) is 0 Å². The Morgan fingerprint density at radius 3 is 2.64 bits per heavy atom. The van der Waals surface area contributed by atoms with Crippen LogP contribution in [0.15, 0.2) is 16.8 Å². The summed E-state index contributed by atoms with van der Waals surface area (Å²) < 4.78 is 31.8. The number of hydrogen-bond donors (Lipinski definition) is 0. The van der Waals surface area contributed by atoms with Crippen molar-refractivity contribution >= 4 is 15.9 Å². The lowest BCUT2D eigenvalue weighted by atomic mass is 10.2. The van der Waals surface area contributed by atoms with Crippen molar-refractivity contribution in [2.75, 3.05) is 32.4 Å². The molecule has 25 heavy (non-hydrogen) atoms. The first-order valence-corrected chi connectivity index (χ1v) is 9.82. The van der Waals surface area contributed by atoms with Crippen LogP contribution < -0.4 is 0 Å². The molecule has 0 bridgehead atoms. The van der Waals surface area contributed by atoms with E-state index in [1.54, 1.807) is 21.8 Å². The van der Waals surface area contributed by atoms with E-state index in [-0.39, 0.29) is 18.1 Å². The number of carbonyl (C=O) groups excluding carboxylic acids is 1. The third-order valence-corrected chi connectivity index (χ3v) is 5.74. The second-order valence-electron chi connectivity index (χ2n) is 6.15. The van der Waals surface area contributed by atoms with Gasteiger partial charge >= 0.3 is 0 Å². The van der Waals surface area contributed by atoms with Gasteiger partial charge in [-0.15, -0.1) is 0 Å². The van der Waals surface area contributed by atoms with Crippen molar-refractivity contribution in [2.24, 2.45) is 7.05 Å². The predicted molar refractivity (Wildman–Crippen MR) is 90.4 cm³/mol. The lowest BCUT2D eigenvalue weighted by molar-refractivity contribution is 0.0754. The van der Waals surface area contributed by atoms with Gasteiger partial charge in [0, 0.05) is 45.0 Å². The minimum Gasteiger partial charge on any atom is -0.355 e. The highest BCUT2D eigenvalue weighted by Gasteiger charge is 2.26. The van der Waals surface area contributed by atoms with Crippen LogP contribution in [0.3, 0.4) is 0 Å². The summed E-state index contributed by atoms with van der Waals surface area (Å²) in [5, 5.41) is 8.03. The monoisotopic (exact) mass is 367 g/mol. The Kier molecular flexibility index (Phi) is 4.65. The Labute approximate surface area is 146 Å². The van der Waals surface area contributed by atoms with Crippen molar-refractivity contribution in [2.45, 2.75) is 13.3 Å². The smallest absolute Gasteiger partial charge is 0.276 e. The molecule has 0 radical (unpaired) electrons. The fraction of sp³-hybridized carbons (Fsp3) is 0.533. The van der Waals surface area contributed by atoms with Gasteiger partial charge in [0.05, 0.1) is 18.0 Å². The topological polar surface area (TPSA) is 102 Å². The molecule has 3 rings (SSSR count). The van der Waals surface area contributed by atoms with Crippen LogP contribution in [-0.4, -0.2) is 70.9 Å². The Morgan fingerprint density at radius 2 is 2.00 bits per heavy atom. The Morgan fingerprint density at radius 1 is 1.24 bits per heavy atom. The summed E-state index contributed by atoms with van der Waals surface area (Å²) in [7, 11) is -1.42. The molecule has 0 aromatic carbocycles. The number of amides is 1. The molecule has 2 aromatic heterocycles. The first-order valence-electron chi connectivity index (χ1n) is 7.97. The van der Waals surface area contributed by atoms with Crippen LogP contribution in [-0.2, 0) is 17.1 Å². The fourth-order valence-corrected chi connectivity index (χ4v) is 3.71. The quantitative estimate of drug-likeness (QED) is 0.782. The Bertz CT molecular complexity index is 886. The predicted octanol–water partition coefficient (Wildman–Crippen LogP) is 0.491. The first-order chi connectivity index (χ1) is 11.8. The minimum atomic E-state index is -3.25. The zero-order valence-electron chi connectivity index (χ0n) is 14.5. The molecule has 3 heterocycles. The molecule has 0 unspecified atom stereocenters. The maximum atomic E-state index is 12.7. The molecule has 1 saturated heterocycles. The molecular formula is C15H21N5O4S. The van der Waals surface area contributed by atoms with Gasteiger partial charge in [-0.25, -0.2) is 12.7 Å². The van der Waals surface area contributed by atoms with E-state index in [1.807, 2.05) is 14.0 Å². The number of aryl methyl sites for hydroxylation is 1. The van der Waals surface area contributed by atoms with Crippen LogP contribution in [0.2, 0.25) is 0 Å². The highest BCUT2D eigenvalue weighted by Crippen LogP contribution is 2.24. The molecule has 0 spiro atoms. The molecule has 10 heteroatoms. The summed E-state index contributed by atoms with van der Waals surface area (Å²) in [6.07, 6.45) is 3.44. The summed E-state index contributed by atoms with van der Waals surface area (Å²) in [5.74, 6) is 0.230. The van der Waals surface area contributed by atoms with Crippen molar-refractivity contribution in [3.05, 3.63) is 23.7 Å². The van der Waals surface area contributed by atoms with Gasteiger partial charge in [-0.2, -0.15) is 5.10 Å². The number of rotatable bonds is 3. The molecule has 1 amide bonds. The Hall–Kier alpha value is -2.20. The zero-order valence-corrected chi connectivity index (χ0v) is 15.3. The van der Waals surface area contributed by atoms with E-state index < -0.39 is 10.0 Å². The van der Waals surface area contributed by atoms with Crippen LogP contribution in [0.25, 0.3) is 11.3 Å². The maximum absolute atomic E-state index is 12.7. The first kappa shape index (κ1) is 17.6.